The van der Waals surface area contributed by atoms with E-state index in [1.807, 2.05) is 0 Å². The molecule has 1 fully saturated rings. The summed E-state index contributed by atoms with van der Waals surface area (Å²) in [6.45, 7) is 8.37. The van der Waals surface area contributed by atoms with Crippen molar-refractivity contribution in [2.45, 2.75) is 51.0 Å². The highest BCUT2D eigenvalue weighted by Crippen LogP contribution is 2.44. The van der Waals surface area contributed by atoms with Gasteiger partial charge in [0.25, 0.3) is 0 Å². The van der Waals surface area contributed by atoms with Crippen LogP contribution in [0.4, 0.5) is 5.69 Å². The van der Waals surface area contributed by atoms with Gasteiger partial charge in [0.1, 0.15) is 5.84 Å². The van der Waals surface area contributed by atoms with E-state index < -0.39 is 0 Å². The SMILES string of the molecule is CC1(C)OB(c2ccc3c(c2)-c2ccccc2N2C3=NC3C=CC=CC32)OC1(C)C. The van der Waals surface area contributed by atoms with E-state index in [2.05, 4.69) is 99.4 Å². The number of para-hydroxylation sites is 1. The van der Waals surface area contributed by atoms with Crippen molar-refractivity contribution in [1.29, 1.82) is 0 Å². The molecule has 2 unspecified atom stereocenters. The summed E-state index contributed by atoms with van der Waals surface area (Å²) in [6, 6.07) is 15.5. The van der Waals surface area contributed by atoms with Crippen molar-refractivity contribution >= 4 is 24.1 Å². The van der Waals surface area contributed by atoms with Crippen LogP contribution in [0.2, 0.25) is 0 Å². The highest BCUT2D eigenvalue weighted by molar-refractivity contribution is 6.62. The van der Waals surface area contributed by atoms with Crippen molar-refractivity contribution in [3.05, 3.63) is 72.3 Å². The zero-order valence-corrected chi connectivity index (χ0v) is 17.8. The maximum Gasteiger partial charge on any atom is 0.494 e. The Labute approximate surface area is 178 Å². The lowest BCUT2D eigenvalue weighted by Crippen LogP contribution is -2.41. The molecule has 4 nitrogen and oxygen atoms in total. The maximum absolute atomic E-state index is 6.31. The topological polar surface area (TPSA) is 34.1 Å². The van der Waals surface area contributed by atoms with E-state index in [0.717, 1.165) is 11.3 Å². The van der Waals surface area contributed by atoms with E-state index in [4.69, 9.17) is 14.3 Å². The highest BCUT2D eigenvalue weighted by atomic mass is 16.7. The normalized spacial score (nSPS) is 26.7. The largest absolute Gasteiger partial charge is 0.494 e. The van der Waals surface area contributed by atoms with Gasteiger partial charge in [-0.3, -0.25) is 4.99 Å². The van der Waals surface area contributed by atoms with E-state index in [9.17, 15) is 0 Å². The smallest absolute Gasteiger partial charge is 0.399 e. The molecule has 0 aromatic heterocycles. The third-order valence-electron chi connectivity index (χ3n) is 7.14. The van der Waals surface area contributed by atoms with Crippen molar-refractivity contribution in [3.63, 3.8) is 0 Å². The van der Waals surface area contributed by atoms with Crippen LogP contribution >= 0.6 is 0 Å². The Hall–Kier alpha value is -2.63. The fourth-order valence-corrected chi connectivity index (χ4v) is 4.78. The Kier molecular flexibility index (Phi) is 3.61. The minimum absolute atomic E-state index is 0.159. The van der Waals surface area contributed by atoms with E-state index in [0.29, 0.717) is 0 Å². The average Bonchev–Trinajstić information content (AvgIpc) is 3.22. The summed E-state index contributed by atoms with van der Waals surface area (Å²) < 4.78 is 12.6. The molecule has 2 aromatic carbocycles. The van der Waals surface area contributed by atoms with Crippen LogP contribution in [-0.2, 0) is 9.31 Å². The molecule has 0 N–H and O–H groups in total. The molecule has 0 amide bonds. The van der Waals surface area contributed by atoms with E-state index in [1.165, 1.54) is 22.4 Å². The molecule has 1 aliphatic carbocycles. The lowest BCUT2D eigenvalue weighted by atomic mass is 9.76. The molecule has 0 saturated carbocycles. The molecule has 5 heteroatoms. The van der Waals surface area contributed by atoms with Crippen LogP contribution in [0.3, 0.4) is 0 Å². The Morgan fingerprint density at radius 2 is 1.60 bits per heavy atom. The molecule has 150 valence electrons. The summed E-state index contributed by atoms with van der Waals surface area (Å²) in [5, 5.41) is 0. The fraction of sp³-hybridized carbons (Fsp3) is 0.320. The second kappa shape index (κ2) is 5.96. The van der Waals surface area contributed by atoms with Gasteiger partial charge in [0.15, 0.2) is 0 Å². The Bertz CT molecular complexity index is 1130. The number of anilines is 1. The Morgan fingerprint density at radius 1 is 0.867 bits per heavy atom. The first kappa shape index (κ1) is 18.2. The average molecular weight is 396 g/mol. The first-order valence-corrected chi connectivity index (χ1v) is 10.7. The van der Waals surface area contributed by atoms with Crippen LogP contribution < -0.4 is 10.4 Å². The summed E-state index contributed by atoms with van der Waals surface area (Å²) in [6.07, 6.45) is 8.66. The maximum atomic E-state index is 6.31. The minimum Gasteiger partial charge on any atom is -0.399 e. The third kappa shape index (κ3) is 2.39. The monoisotopic (exact) mass is 396 g/mol. The lowest BCUT2D eigenvalue weighted by molar-refractivity contribution is 0.00578. The molecule has 2 aromatic rings. The number of fused-ring (bicyclic) bond motifs is 8. The van der Waals surface area contributed by atoms with Gasteiger partial charge in [-0.15, -0.1) is 0 Å². The predicted octanol–water partition coefficient (Wildman–Crippen LogP) is 4.10. The van der Waals surface area contributed by atoms with Gasteiger partial charge in [-0.25, -0.2) is 0 Å². The summed E-state index contributed by atoms with van der Waals surface area (Å²) in [7, 11) is -0.371. The van der Waals surface area contributed by atoms with Crippen LogP contribution in [0.1, 0.15) is 33.3 Å². The number of hydrogen-bond donors (Lipinski definition) is 0. The Morgan fingerprint density at radius 3 is 2.40 bits per heavy atom. The van der Waals surface area contributed by atoms with Gasteiger partial charge in [0, 0.05) is 11.1 Å². The molecule has 3 heterocycles. The van der Waals surface area contributed by atoms with Crippen molar-refractivity contribution in [2.24, 2.45) is 4.99 Å². The molecule has 2 atom stereocenters. The van der Waals surface area contributed by atoms with Gasteiger partial charge < -0.3 is 14.2 Å². The quantitative estimate of drug-likeness (QED) is 0.681. The number of hydrogen-bond acceptors (Lipinski definition) is 4. The summed E-state index contributed by atoms with van der Waals surface area (Å²) in [4.78, 5) is 7.47. The van der Waals surface area contributed by atoms with Gasteiger partial charge in [-0.05, 0) is 44.8 Å². The van der Waals surface area contributed by atoms with Gasteiger partial charge in [-0.2, -0.15) is 0 Å². The van der Waals surface area contributed by atoms with E-state index >= 15 is 0 Å². The first-order valence-electron chi connectivity index (χ1n) is 10.7. The van der Waals surface area contributed by atoms with Crippen molar-refractivity contribution < 1.29 is 9.31 Å². The van der Waals surface area contributed by atoms with Crippen LogP contribution in [-0.4, -0.2) is 36.2 Å². The molecular weight excluding hydrogens is 371 g/mol. The van der Waals surface area contributed by atoms with Crippen LogP contribution in [0, 0.1) is 0 Å². The number of aliphatic imine (C=N–C) groups is 1. The molecule has 30 heavy (non-hydrogen) atoms. The fourth-order valence-electron chi connectivity index (χ4n) is 4.78. The van der Waals surface area contributed by atoms with Crippen molar-refractivity contribution in [2.75, 3.05) is 4.90 Å². The summed E-state index contributed by atoms with van der Waals surface area (Å²) >= 11 is 0. The second-order valence-electron chi connectivity index (χ2n) is 9.48. The predicted molar refractivity (Wildman–Crippen MR) is 122 cm³/mol. The van der Waals surface area contributed by atoms with E-state index in [1.54, 1.807) is 0 Å². The van der Waals surface area contributed by atoms with Crippen molar-refractivity contribution in [1.82, 2.24) is 0 Å². The zero-order chi connectivity index (χ0) is 20.7. The molecule has 1 saturated heterocycles. The Balaban J connectivity index is 1.49. The minimum atomic E-state index is -0.371. The number of benzene rings is 2. The number of rotatable bonds is 1. The van der Waals surface area contributed by atoms with Gasteiger partial charge in [-0.1, -0.05) is 60.7 Å². The number of nitrogens with zero attached hydrogens (tertiary/aromatic N) is 2. The molecule has 3 aliphatic heterocycles. The van der Waals surface area contributed by atoms with Gasteiger partial charge >= 0.3 is 7.12 Å². The van der Waals surface area contributed by atoms with Gasteiger partial charge in [0.2, 0.25) is 0 Å². The standard InChI is InChI=1S/C25H25BN2O2/c1-24(2)25(3,4)30-26(29-24)16-13-14-18-19(15-16)17-9-5-7-11-21(17)28-22-12-8-6-10-20(22)27-23(18)28/h5-15,20,22H,1-4H3. The molecule has 0 spiro atoms. The first-order chi connectivity index (χ1) is 14.4. The van der Waals surface area contributed by atoms with Gasteiger partial charge in [0.05, 0.1) is 29.0 Å². The summed E-state index contributed by atoms with van der Waals surface area (Å²) in [5.41, 5.74) is 5.14. The molecular formula is C25H25BN2O2. The summed E-state index contributed by atoms with van der Waals surface area (Å²) in [5.74, 6) is 1.05. The van der Waals surface area contributed by atoms with Crippen LogP contribution in [0.15, 0.2) is 71.8 Å². The van der Waals surface area contributed by atoms with Crippen LogP contribution in [0.5, 0.6) is 0 Å². The molecule has 6 rings (SSSR count). The second-order valence-corrected chi connectivity index (χ2v) is 9.48. The van der Waals surface area contributed by atoms with E-state index in [-0.39, 0.29) is 30.4 Å². The molecule has 0 bridgehead atoms. The van der Waals surface area contributed by atoms with Crippen molar-refractivity contribution in [3.8, 4) is 11.1 Å². The lowest BCUT2D eigenvalue weighted by Gasteiger charge is -2.35. The molecule has 4 aliphatic rings. The zero-order valence-electron chi connectivity index (χ0n) is 17.8. The van der Waals surface area contributed by atoms with Crippen LogP contribution in [0.25, 0.3) is 11.1 Å². The molecule has 0 radical (unpaired) electrons. The highest BCUT2D eigenvalue weighted by Gasteiger charge is 2.52. The third-order valence-corrected chi connectivity index (χ3v) is 7.14. The number of amidine groups is 1. The number of allylic oxidation sites excluding steroid dienone is 2.